The molecule has 2 aliphatic heterocycles. The van der Waals surface area contributed by atoms with E-state index in [2.05, 4.69) is 65.4 Å². The van der Waals surface area contributed by atoms with Crippen molar-refractivity contribution in [1.29, 1.82) is 0 Å². The highest BCUT2D eigenvalue weighted by molar-refractivity contribution is 5.89. The fraction of sp³-hybridized carbons (Fsp3) is 0.304. The highest BCUT2D eigenvalue weighted by atomic mass is 16.5. The van der Waals surface area contributed by atoms with Gasteiger partial charge in [-0.15, -0.1) is 0 Å². The van der Waals surface area contributed by atoms with Crippen molar-refractivity contribution in [2.45, 2.75) is 12.6 Å². The minimum Gasteiger partial charge on any atom is -0.489 e. The number of fused-ring (bicyclic) bond motifs is 2. The van der Waals surface area contributed by atoms with E-state index in [4.69, 9.17) is 14.9 Å². The Balaban J connectivity index is 0.000000275. The van der Waals surface area contributed by atoms with Gasteiger partial charge in [0.25, 0.3) is 0 Å². The fourth-order valence-electron chi connectivity index (χ4n) is 3.71. The van der Waals surface area contributed by atoms with Gasteiger partial charge >= 0.3 is 11.9 Å². The zero-order valence-electron chi connectivity index (χ0n) is 16.9. The van der Waals surface area contributed by atoms with Crippen molar-refractivity contribution in [2.75, 3.05) is 33.2 Å². The third-order valence-electron chi connectivity index (χ3n) is 5.22. The summed E-state index contributed by atoms with van der Waals surface area (Å²) in [6.45, 7) is 5.12. The number of piperazine rings is 1. The van der Waals surface area contributed by atoms with Gasteiger partial charge in [0.15, 0.2) is 0 Å². The van der Waals surface area contributed by atoms with Crippen molar-refractivity contribution in [1.82, 2.24) is 9.80 Å². The molecular formula is C23H26N2O5. The molecule has 0 spiro atoms. The van der Waals surface area contributed by atoms with Gasteiger partial charge in [0.1, 0.15) is 12.4 Å². The Morgan fingerprint density at radius 1 is 0.900 bits per heavy atom. The van der Waals surface area contributed by atoms with Crippen LogP contribution in [0.15, 0.2) is 60.7 Å². The Bertz CT molecular complexity index is 856. The molecule has 1 fully saturated rings. The van der Waals surface area contributed by atoms with Gasteiger partial charge in [0, 0.05) is 43.9 Å². The van der Waals surface area contributed by atoms with Gasteiger partial charge in [-0.05, 0) is 24.2 Å². The molecule has 7 heteroatoms. The lowest BCUT2D eigenvalue weighted by Gasteiger charge is -2.38. The van der Waals surface area contributed by atoms with Crippen molar-refractivity contribution >= 4 is 11.9 Å². The number of para-hydroxylation sites is 1. The Hall–Kier alpha value is -3.16. The van der Waals surface area contributed by atoms with Crippen LogP contribution in [0.5, 0.6) is 5.75 Å². The second-order valence-corrected chi connectivity index (χ2v) is 7.28. The van der Waals surface area contributed by atoms with Gasteiger partial charge in [-0.3, -0.25) is 4.90 Å². The van der Waals surface area contributed by atoms with E-state index in [-0.39, 0.29) is 0 Å². The molecule has 158 valence electrons. The van der Waals surface area contributed by atoms with Crippen LogP contribution in [-0.4, -0.2) is 65.2 Å². The first kappa shape index (κ1) is 21.5. The van der Waals surface area contributed by atoms with E-state index in [1.54, 1.807) is 0 Å². The summed E-state index contributed by atoms with van der Waals surface area (Å²) < 4.78 is 6.08. The molecule has 0 aromatic heterocycles. The summed E-state index contributed by atoms with van der Waals surface area (Å²) in [5, 5.41) is 15.6. The SMILES string of the molecule is CN1CCN(C2c3ccccc3COc3ccccc32)CC1.O=C(O)/C=C\C(=O)O. The molecule has 30 heavy (non-hydrogen) atoms. The third kappa shape index (κ3) is 5.46. The quantitative estimate of drug-likeness (QED) is 0.752. The van der Waals surface area contributed by atoms with Crippen LogP contribution in [0, 0.1) is 0 Å². The molecule has 2 aliphatic rings. The molecule has 0 aliphatic carbocycles. The van der Waals surface area contributed by atoms with E-state index in [1.807, 2.05) is 0 Å². The number of aliphatic carboxylic acids is 2. The molecule has 1 unspecified atom stereocenters. The molecule has 4 rings (SSSR count). The minimum absolute atomic E-state index is 0.309. The smallest absolute Gasteiger partial charge is 0.328 e. The van der Waals surface area contributed by atoms with Crippen molar-refractivity contribution in [3.63, 3.8) is 0 Å². The monoisotopic (exact) mass is 410 g/mol. The average Bonchev–Trinajstić information content (AvgIpc) is 2.90. The lowest BCUT2D eigenvalue weighted by atomic mass is 9.93. The van der Waals surface area contributed by atoms with E-state index >= 15 is 0 Å². The molecule has 0 bridgehead atoms. The fourth-order valence-corrected chi connectivity index (χ4v) is 3.71. The molecular weight excluding hydrogens is 384 g/mol. The summed E-state index contributed by atoms with van der Waals surface area (Å²) in [6.07, 6.45) is 1.12. The van der Waals surface area contributed by atoms with E-state index < -0.39 is 11.9 Å². The van der Waals surface area contributed by atoms with Crippen molar-refractivity contribution in [3.8, 4) is 5.75 Å². The lowest BCUT2D eigenvalue weighted by Crippen LogP contribution is -2.46. The lowest BCUT2D eigenvalue weighted by molar-refractivity contribution is -0.134. The van der Waals surface area contributed by atoms with E-state index in [1.165, 1.54) is 16.7 Å². The maximum absolute atomic E-state index is 9.55. The van der Waals surface area contributed by atoms with Gasteiger partial charge in [0.05, 0.1) is 6.04 Å². The number of benzene rings is 2. The Labute approximate surface area is 175 Å². The van der Waals surface area contributed by atoms with Crippen LogP contribution in [-0.2, 0) is 16.2 Å². The summed E-state index contributed by atoms with van der Waals surface area (Å²) >= 11 is 0. The topological polar surface area (TPSA) is 90.3 Å². The van der Waals surface area contributed by atoms with Crippen molar-refractivity contribution in [2.24, 2.45) is 0 Å². The van der Waals surface area contributed by atoms with Gasteiger partial charge in [0.2, 0.25) is 0 Å². The minimum atomic E-state index is -1.26. The average molecular weight is 410 g/mol. The molecule has 0 amide bonds. The van der Waals surface area contributed by atoms with Gasteiger partial charge < -0.3 is 19.8 Å². The van der Waals surface area contributed by atoms with Crippen LogP contribution in [0.4, 0.5) is 0 Å². The number of carbonyl (C=O) groups is 2. The second-order valence-electron chi connectivity index (χ2n) is 7.28. The number of carboxylic acids is 2. The number of nitrogens with zero attached hydrogens (tertiary/aromatic N) is 2. The van der Waals surface area contributed by atoms with E-state index in [0.29, 0.717) is 24.8 Å². The van der Waals surface area contributed by atoms with Crippen LogP contribution in [0.1, 0.15) is 22.7 Å². The number of likely N-dealkylation sites (N-methyl/N-ethyl adjacent to an activating group) is 1. The normalized spacial score (nSPS) is 18.9. The predicted molar refractivity (Wildman–Crippen MR) is 113 cm³/mol. The number of carboxylic acid groups (broad SMARTS) is 2. The molecule has 0 radical (unpaired) electrons. The zero-order valence-corrected chi connectivity index (χ0v) is 16.9. The number of ether oxygens (including phenoxy) is 1. The molecule has 7 nitrogen and oxygen atoms in total. The largest absolute Gasteiger partial charge is 0.489 e. The summed E-state index contributed by atoms with van der Waals surface area (Å²) in [6, 6.07) is 17.5. The van der Waals surface area contributed by atoms with Crippen LogP contribution >= 0.6 is 0 Å². The van der Waals surface area contributed by atoms with Crippen LogP contribution in [0.25, 0.3) is 0 Å². The predicted octanol–water partition coefficient (Wildman–Crippen LogP) is 2.63. The molecule has 1 atom stereocenters. The molecule has 1 saturated heterocycles. The summed E-state index contributed by atoms with van der Waals surface area (Å²) in [4.78, 5) is 24.1. The second kappa shape index (κ2) is 10.0. The first-order valence-electron chi connectivity index (χ1n) is 9.81. The number of rotatable bonds is 3. The third-order valence-corrected chi connectivity index (χ3v) is 5.22. The maximum atomic E-state index is 9.55. The number of hydrogen-bond acceptors (Lipinski definition) is 5. The summed E-state index contributed by atoms with van der Waals surface area (Å²) in [5.41, 5.74) is 4.01. The van der Waals surface area contributed by atoms with Gasteiger partial charge in [-0.2, -0.15) is 0 Å². The molecule has 2 aromatic carbocycles. The molecule has 2 heterocycles. The highest BCUT2D eigenvalue weighted by Crippen LogP contribution is 2.39. The summed E-state index contributed by atoms with van der Waals surface area (Å²) in [5.74, 6) is -1.48. The highest BCUT2D eigenvalue weighted by Gasteiger charge is 2.30. The molecule has 2 N–H and O–H groups in total. The van der Waals surface area contributed by atoms with Crippen molar-refractivity contribution in [3.05, 3.63) is 77.4 Å². The molecule has 0 saturated carbocycles. The Kier molecular flexibility index (Phi) is 7.21. The van der Waals surface area contributed by atoms with E-state index in [9.17, 15) is 9.59 Å². The summed E-state index contributed by atoms with van der Waals surface area (Å²) in [7, 11) is 2.20. The first-order valence-corrected chi connectivity index (χ1v) is 9.81. The van der Waals surface area contributed by atoms with Crippen molar-refractivity contribution < 1.29 is 24.5 Å². The number of hydrogen-bond donors (Lipinski definition) is 2. The Morgan fingerprint density at radius 3 is 2.10 bits per heavy atom. The van der Waals surface area contributed by atoms with Crippen LogP contribution in [0.3, 0.4) is 0 Å². The first-order chi connectivity index (χ1) is 14.5. The van der Waals surface area contributed by atoms with Crippen LogP contribution in [0.2, 0.25) is 0 Å². The van der Waals surface area contributed by atoms with Gasteiger partial charge in [-0.25, -0.2) is 9.59 Å². The van der Waals surface area contributed by atoms with Crippen LogP contribution < -0.4 is 4.74 Å². The standard InChI is InChI=1S/C19H22N2O.C4H4O4/c1-20-10-12-21(13-11-20)19-16-7-3-2-6-15(16)14-22-18-9-5-4-8-17(18)19;5-3(6)1-2-4(7)8/h2-9,19H,10-14H2,1H3;1-2H,(H,5,6)(H,7,8)/b;2-1-. The Morgan fingerprint density at radius 2 is 1.47 bits per heavy atom. The maximum Gasteiger partial charge on any atom is 0.328 e. The van der Waals surface area contributed by atoms with E-state index in [0.717, 1.165) is 31.9 Å². The van der Waals surface area contributed by atoms with Gasteiger partial charge in [-0.1, -0.05) is 42.5 Å². The zero-order chi connectivity index (χ0) is 21.5. The molecule has 2 aromatic rings.